The van der Waals surface area contributed by atoms with E-state index in [4.69, 9.17) is 4.74 Å². The Kier molecular flexibility index (Phi) is 4.92. The maximum absolute atomic E-state index is 13.5. The molecule has 3 aromatic rings. The predicted octanol–water partition coefficient (Wildman–Crippen LogP) is 3.41. The molecule has 0 radical (unpaired) electrons. The molecule has 0 aliphatic carbocycles. The maximum Gasteiger partial charge on any atom is 0.268 e. The van der Waals surface area contributed by atoms with Crippen LogP contribution in [-0.4, -0.2) is 30.7 Å². The second-order valence-electron chi connectivity index (χ2n) is 5.28. The summed E-state index contributed by atoms with van der Waals surface area (Å²) in [5.41, 5.74) is 1.96. The van der Waals surface area contributed by atoms with E-state index in [1.807, 2.05) is 17.5 Å². The van der Waals surface area contributed by atoms with Gasteiger partial charge in [0.05, 0.1) is 16.8 Å². The number of hydrogen-bond acceptors (Lipinski definition) is 3. The smallest absolute Gasteiger partial charge is 0.268 e. The number of nitrogens with zero attached hydrogens (tertiary/aromatic N) is 1. The van der Waals surface area contributed by atoms with Crippen molar-refractivity contribution < 1.29 is 18.3 Å². The number of fused-ring (bicyclic) bond motifs is 1. The highest BCUT2D eigenvalue weighted by Crippen LogP contribution is 2.26. The zero-order chi connectivity index (χ0) is 17.1. The molecule has 4 nitrogen and oxygen atoms in total. The molecule has 0 fully saturated rings. The zero-order valence-corrected chi connectivity index (χ0v) is 13.8. The number of aromatic nitrogens is 1. The SMILES string of the molecule is COCCNC(=O)c1cc2sccc2n1Cc1ccc(F)c(F)c1. The first-order chi connectivity index (χ1) is 11.6. The Balaban J connectivity index is 1.92. The normalized spacial score (nSPS) is 11.1. The molecule has 1 amide bonds. The summed E-state index contributed by atoms with van der Waals surface area (Å²) in [7, 11) is 1.56. The van der Waals surface area contributed by atoms with Crippen LogP contribution < -0.4 is 5.32 Å². The summed E-state index contributed by atoms with van der Waals surface area (Å²) in [6.45, 7) is 1.10. The van der Waals surface area contributed by atoms with E-state index < -0.39 is 11.6 Å². The largest absolute Gasteiger partial charge is 0.383 e. The van der Waals surface area contributed by atoms with Crippen molar-refractivity contribution in [2.75, 3.05) is 20.3 Å². The number of amides is 1. The lowest BCUT2D eigenvalue weighted by atomic mass is 10.2. The topological polar surface area (TPSA) is 43.3 Å². The van der Waals surface area contributed by atoms with Crippen LogP contribution in [0.2, 0.25) is 0 Å². The van der Waals surface area contributed by atoms with E-state index in [0.29, 0.717) is 24.4 Å². The first-order valence-corrected chi connectivity index (χ1v) is 8.26. The fourth-order valence-electron chi connectivity index (χ4n) is 2.51. The quantitative estimate of drug-likeness (QED) is 0.693. The van der Waals surface area contributed by atoms with E-state index in [0.717, 1.165) is 22.3 Å². The molecule has 0 unspecified atom stereocenters. The molecule has 0 atom stereocenters. The number of rotatable bonds is 6. The lowest BCUT2D eigenvalue weighted by Crippen LogP contribution is -2.29. The minimum atomic E-state index is -0.896. The molecule has 0 saturated carbocycles. The molecule has 2 heterocycles. The van der Waals surface area contributed by atoms with Gasteiger partial charge in [-0.15, -0.1) is 11.3 Å². The van der Waals surface area contributed by atoms with E-state index in [1.165, 1.54) is 17.4 Å². The van der Waals surface area contributed by atoms with E-state index >= 15 is 0 Å². The minimum Gasteiger partial charge on any atom is -0.383 e. The van der Waals surface area contributed by atoms with Crippen molar-refractivity contribution >= 4 is 27.5 Å². The number of methoxy groups -OCH3 is 1. The summed E-state index contributed by atoms with van der Waals surface area (Å²) in [4.78, 5) is 12.4. The summed E-state index contributed by atoms with van der Waals surface area (Å²) in [6, 6.07) is 7.48. The average Bonchev–Trinajstić information content (AvgIpc) is 3.14. The maximum atomic E-state index is 13.5. The lowest BCUT2D eigenvalue weighted by molar-refractivity contribution is 0.0928. The number of halogens is 2. The van der Waals surface area contributed by atoms with Crippen LogP contribution in [0, 0.1) is 11.6 Å². The van der Waals surface area contributed by atoms with Gasteiger partial charge in [0.25, 0.3) is 5.91 Å². The van der Waals surface area contributed by atoms with Crippen LogP contribution in [0.1, 0.15) is 16.1 Å². The van der Waals surface area contributed by atoms with Crippen LogP contribution >= 0.6 is 11.3 Å². The molecule has 0 aliphatic rings. The Morgan fingerprint density at radius 1 is 1.25 bits per heavy atom. The highest BCUT2D eigenvalue weighted by Gasteiger charge is 2.17. The lowest BCUT2D eigenvalue weighted by Gasteiger charge is -2.11. The summed E-state index contributed by atoms with van der Waals surface area (Å²) >= 11 is 1.52. The van der Waals surface area contributed by atoms with Gasteiger partial charge < -0.3 is 14.6 Å². The van der Waals surface area contributed by atoms with Crippen molar-refractivity contribution in [3.05, 3.63) is 58.6 Å². The standard InChI is InChI=1S/C17H16F2N2O2S/c1-23-6-5-20-17(22)15-9-16-14(4-7-24-16)21(15)10-11-2-3-12(18)13(19)8-11/h2-4,7-9H,5-6,10H2,1H3,(H,20,22). The number of thiophene rings is 1. The summed E-state index contributed by atoms with van der Waals surface area (Å²) in [5, 5.41) is 4.71. The van der Waals surface area contributed by atoms with E-state index in [2.05, 4.69) is 5.32 Å². The Morgan fingerprint density at radius 2 is 2.08 bits per heavy atom. The fraction of sp³-hybridized carbons (Fsp3) is 0.235. The Labute approximate surface area is 141 Å². The van der Waals surface area contributed by atoms with Crippen LogP contribution in [0.5, 0.6) is 0 Å². The van der Waals surface area contributed by atoms with Crippen molar-refractivity contribution in [1.29, 1.82) is 0 Å². The van der Waals surface area contributed by atoms with Gasteiger partial charge in [-0.05, 0) is 35.2 Å². The molecule has 1 aromatic carbocycles. The fourth-order valence-corrected chi connectivity index (χ4v) is 3.34. The third kappa shape index (κ3) is 3.32. The van der Waals surface area contributed by atoms with Crippen molar-refractivity contribution in [3.63, 3.8) is 0 Å². The first-order valence-electron chi connectivity index (χ1n) is 7.38. The van der Waals surface area contributed by atoms with Gasteiger partial charge in [0.1, 0.15) is 5.69 Å². The van der Waals surface area contributed by atoms with Crippen molar-refractivity contribution in [2.45, 2.75) is 6.54 Å². The molecular formula is C17H16F2N2O2S. The van der Waals surface area contributed by atoms with E-state index in [9.17, 15) is 13.6 Å². The second kappa shape index (κ2) is 7.11. The number of carbonyl (C=O) groups is 1. The molecule has 0 bridgehead atoms. The number of carbonyl (C=O) groups excluding carboxylic acids is 1. The molecular weight excluding hydrogens is 334 g/mol. The molecule has 126 valence electrons. The van der Waals surface area contributed by atoms with Crippen LogP contribution in [0.4, 0.5) is 8.78 Å². The number of benzene rings is 1. The average molecular weight is 350 g/mol. The molecule has 0 spiro atoms. The molecule has 1 N–H and O–H groups in total. The molecule has 3 rings (SSSR count). The highest BCUT2D eigenvalue weighted by atomic mass is 32.1. The Hall–Kier alpha value is -2.25. The van der Waals surface area contributed by atoms with Gasteiger partial charge in [-0.25, -0.2) is 8.78 Å². The number of nitrogens with one attached hydrogen (secondary N) is 1. The van der Waals surface area contributed by atoms with Crippen molar-refractivity contribution in [1.82, 2.24) is 9.88 Å². The highest BCUT2D eigenvalue weighted by molar-refractivity contribution is 7.17. The van der Waals surface area contributed by atoms with E-state index in [1.54, 1.807) is 11.7 Å². The van der Waals surface area contributed by atoms with E-state index in [-0.39, 0.29) is 12.5 Å². The molecule has 2 aromatic heterocycles. The molecule has 24 heavy (non-hydrogen) atoms. The van der Waals surface area contributed by atoms with Crippen LogP contribution in [0.25, 0.3) is 10.2 Å². The first kappa shape index (κ1) is 16.6. The Morgan fingerprint density at radius 3 is 2.83 bits per heavy atom. The van der Waals surface area contributed by atoms with Gasteiger partial charge in [-0.3, -0.25) is 4.79 Å². The Bertz CT molecular complexity index is 873. The van der Waals surface area contributed by atoms with Gasteiger partial charge in [0.2, 0.25) is 0 Å². The minimum absolute atomic E-state index is 0.224. The van der Waals surface area contributed by atoms with Crippen molar-refractivity contribution in [3.8, 4) is 0 Å². The summed E-state index contributed by atoms with van der Waals surface area (Å²) < 4.78 is 34.3. The van der Waals surface area contributed by atoms with Crippen LogP contribution in [-0.2, 0) is 11.3 Å². The monoisotopic (exact) mass is 350 g/mol. The van der Waals surface area contributed by atoms with Gasteiger partial charge in [-0.2, -0.15) is 0 Å². The molecule has 7 heteroatoms. The molecule has 0 aliphatic heterocycles. The summed E-state index contributed by atoms with van der Waals surface area (Å²) in [5.74, 6) is -2.00. The predicted molar refractivity (Wildman–Crippen MR) is 89.5 cm³/mol. The van der Waals surface area contributed by atoms with Crippen LogP contribution in [0.15, 0.2) is 35.7 Å². The van der Waals surface area contributed by atoms with Gasteiger partial charge in [0, 0.05) is 20.2 Å². The summed E-state index contributed by atoms with van der Waals surface area (Å²) in [6.07, 6.45) is 0. The number of ether oxygens (including phenoxy) is 1. The van der Waals surface area contributed by atoms with Gasteiger partial charge in [-0.1, -0.05) is 6.07 Å². The second-order valence-corrected chi connectivity index (χ2v) is 6.23. The zero-order valence-electron chi connectivity index (χ0n) is 13.0. The third-order valence-electron chi connectivity index (χ3n) is 3.67. The third-order valence-corrected chi connectivity index (χ3v) is 4.52. The number of hydrogen-bond donors (Lipinski definition) is 1. The van der Waals surface area contributed by atoms with Crippen LogP contribution in [0.3, 0.4) is 0 Å². The molecule has 0 saturated heterocycles. The van der Waals surface area contributed by atoms with Gasteiger partial charge in [0.15, 0.2) is 11.6 Å². The van der Waals surface area contributed by atoms with Crippen molar-refractivity contribution in [2.24, 2.45) is 0 Å². The van der Waals surface area contributed by atoms with Gasteiger partial charge >= 0.3 is 0 Å².